The molecule has 0 unspecified atom stereocenters. The molecule has 0 atom stereocenters. The van der Waals surface area contributed by atoms with Gasteiger partial charge in [-0.1, -0.05) is 13.3 Å². The zero-order valence-corrected chi connectivity index (χ0v) is 13.5. The number of sulfonamides is 1. The summed E-state index contributed by atoms with van der Waals surface area (Å²) >= 11 is 0. The standard InChI is InChI=1S/C14H22N2O4S/c1-4-11-5-7-16(8-6-11)21(19,20)13-9(2)12(14(17)18)15-10(13)3/h11,15H,4-8H2,1-3H3,(H,17,18). The van der Waals surface area contributed by atoms with Crippen LogP contribution in [0.25, 0.3) is 0 Å². The minimum atomic E-state index is -3.63. The molecule has 1 aromatic rings. The van der Waals surface area contributed by atoms with Crippen LogP contribution >= 0.6 is 0 Å². The zero-order valence-electron chi connectivity index (χ0n) is 12.6. The number of carbonyl (C=O) groups is 1. The van der Waals surface area contributed by atoms with Crippen LogP contribution in [0.1, 0.15) is 47.9 Å². The van der Waals surface area contributed by atoms with E-state index in [0.29, 0.717) is 24.7 Å². The Morgan fingerprint density at radius 3 is 2.33 bits per heavy atom. The number of hydrogen-bond acceptors (Lipinski definition) is 3. The molecule has 1 fully saturated rings. The topological polar surface area (TPSA) is 90.5 Å². The number of rotatable bonds is 4. The fourth-order valence-corrected chi connectivity index (χ4v) is 4.90. The lowest BCUT2D eigenvalue weighted by molar-refractivity contribution is 0.0690. The fourth-order valence-electron chi connectivity index (χ4n) is 3.02. The molecule has 0 aromatic carbocycles. The van der Waals surface area contributed by atoms with E-state index in [9.17, 15) is 13.2 Å². The molecule has 6 nitrogen and oxygen atoms in total. The van der Waals surface area contributed by atoms with E-state index in [1.54, 1.807) is 13.8 Å². The van der Waals surface area contributed by atoms with Crippen molar-refractivity contribution < 1.29 is 18.3 Å². The normalized spacial score (nSPS) is 18.0. The highest BCUT2D eigenvalue weighted by atomic mass is 32.2. The third-order valence-corrected chi connectivity index (χ3v) is 6.50. The van der Waals surface area contributed by atoms with Gasteiger partial charge in [0.25, 0.3) is 0 Å². The van der Waals surface area contributed by atoms with E-state index in [1.807, 2.05) is 0 Å². The Hall–Kier alpha value is -1.34. The number of nitrogens with zero attached hydrogens (tertiary/aromatic N) is 1. The van der Waals surface area contributed by atoms with Crippen LogP contribution in [0.2, 0.25) is 0 Å². The zero-order chi connectivity index (χ0) is 15.8. The third kappa shape index (κ3) is 2.85. The first-order valence-electron chi connectivity index (χ1n) is 7.21. The molecule has 0 spiro atoms. The van der Waals surface area contributed by atoms with Gasteiger partial charge in [-0.15, -0.1) is 0 Å². The molecule has 0 amide bonds. The number of hydrogen-bond donors (Lipinski definition) is 2. The number of aryl methyl sites for hydroxylation is 1. The van der Waals surface area contributed by atoms with Crippen LogP contribution in [0.4, 0.5) is 0 Å². The summed E-state index contributed by atoms with van der Waals surface area (Å²) in [6, 6.07) is 0. The van der Waals surface area contributed by atoms with Crippen molar-refractivity contribution in [2.75, 3.05) is 13.1 Å². The van der Waals surface area contributed by atoms with Crippen molar-refractivity contribution in [2.24, 2.45) is 5.92 Å². The second kappa shape index (κ2) is 5.81. The highest BCUT2D eigenvalue weighted by molar-refractivity contribution is 7.89. The molecule has 2 rings (SSSR count). The molecule has 0 aliphatic carbocycles. The number of aromatic carboxylic acids is 1. The van der Waals surface area contributed by atoms with Crippen LogP contribution in [0.3, 0.4) is 0 Å². The number of nitrogens with one attached hydrogen (secondary N) is 1. The first-order chi connectivity index (χ1) is 9.78. The van der Waals surface area contributed by atoms with E-state index in [-0.39, 0.29) is 16.2 Å². The van der Waals surface area contributed by atoms with Crippen LogP contribution < -0.4 is 0 Å². The van der Waals surface area contributed by atoms with Gasteiger partial charge in [0.2, 0.25) is 10.0 Å². The largest absolute Gasteiger partial charge is 0.477 e. The van der Waals surface area contributed by atoms with Gasteiger partial charge in [-0.3, -0.25) is 0 Å². The van der Waals surface area contributed by atoms with Crippen molar-refractivity contribution in [1.82, 2.24) is 9.29 Å². The number of aromatic nitrogens is 1. The molecule has 2 heterocycles. The lowest BCUT2D eigenvalue weighted by atomic mass is 9.96. The summed E-state index contributed by atoms with van der Waals surface area (Å²) in [5.74, 6) is -0.554. The van der Waals surface area contributed by atoms with Gasteiger partial charge >= 0.3 is 5.97 Å². The first kappa shape index (κ1) is 16.0. The molecule has 1 aromatic heterocycles. The van der Waals surface area contributed by atoms with Gasteiger partial charge in [0.15, 0.2) is 0 Å². The van der Waals surface area contributed by atoms with Crippen molar-refractivity contribution in [3.05, 3.63) is 17.0 Å². The Balaban J connectivity index is 2.35. The number of carboxylic acid groups (broad SMARTS) is 1. The van der Waals surface area contributed by atoms with Crippen molar-refractivity contribution in [3.63, 3.8) is 0 Å². The van der Waals surface area contributed by atoms with Crippen molar-refractivity contribution in [2.45, 2.75) is 44.9 Å². The predicted molar refractivity (Wildman–Crippen MR) is 79.0 cm³/mol. The first-order valence-corrected chi connectivity index (χ1v) is 8.65. The van der Waals surface area contributed by atoms with Crippen LogP contribution in [0.15, 0.2) is 4.90 Å². The van der Waals surface area contributed by atoms with Gasteiger partial charge in [0.1, 0.15) is 10.6 Å². The highest BCUT2D eigenvalue weighted by Gasteiger charge is 2.33. The smallest absolute Gasteiger partial charge is 0.352 e. The molecule has 2 N–H and O–H groups in total. The van der Waals surface area contributed by atoms with E-state index in [2.05, 4.69) is 11.9 Å². The van der Waals surface area contributed by atoms with E-state index in [4.69, 9.17) is 5.11 Å². The van der Waals surface area contributed by atoms with Crippen LogP contribution in [-0.4, -0.2) is 41.9 Å². The Labute approximate surface area is 125 Å². The molecule has 0 bridgehead atoms. The molecule has 118 valence electrons. The van der Waals surface area contributed by atoms with Crippen LogP contribution in [0, 0.1) is 19.8 Å². The minimum absolute atomic E-state index is 0.0467. The molecule has 0 radical (unpaired) electrons. The molecular formula is C14H22N2O4S. The second-order valence-electron chi connectivity index (χ2n) is 5.64. The molecule has 21 heavy (non-hydrogen) atoms. The number of piperidine rings is 1. The van der Waals surface area contributed by atoms with Crippen LogP contribution in [0.5, 0.6) is 0 Å². The SMILES string of the molecule is CCC1CCN(S(=O)(=O)c2c(C)[nH]c(C(=O)O)c2C)CC1. The molecule has 0 saturated carbocycles. The summed E-state index contributed by atoms with van der Waals surface area (Å²) in [6.45, 7) is 6.28. The number of H-pyrrole nitrogens is 1. The molecule has 1 saturated heterocycles. The van der Waals surface area contributed by atoms with Crippen molar-refractivity contribution in [1.29, 1.82) is 0 Å². The quantitative estimate of drug-likeness (QED) is 0.891. The molecule has 1 aliphatic heterocycles. The van der Waals surface area contributed by atoms with E-state index >= 15 is 0 Å². The maximum Gasteiger partial charge on any atom is 0.352 e. The van der Waals surface area contributed by atoms with Gasteiger partial charge in [0, 0.05) is 24.3 Å². The van der Waals surface area contributed by atoms with E-state index in [0.717, 1.165) is 19.3 Å². The summed E-state index contributed by atoms with van der Waals surface area (Å²) in [5.41, 5.74) is 0.634. The fraction of sp³-hybridized carbons (Fsp3) is 0.643. The van der Waals surface area contributed by atoms with Gasteiger partial charge in [-0.25, -0.2) is 13.2 Å². The maximum absolute atomic E-state index is 12.8. The average molecular weight is 314 g/mol. The summed E-state index contributed by atoms with van der Waals surface area (Å²) in [4.78, 5) is 13.9. The summed E-state index contributed by atoms with van der Waals surface area (Å²) < 4.78 is 27.0. The van der Waals surface area contributed by atoms with Crippen molar-refractivity contribution >= 4 is 16.0 Å². The monoisotopic (exact) mass is 314 g/mol. The molecular weight excluding hydrogens is 292 g/mol. The van der Waals surface area contributed by atoms with Crippen LogP contribution in [-0.2, 0) is 10.0 Å². The molecule has 1 aliphatic rings. The Bertz CT molecular complexity index is 640. The van der Waals surface area contributed by atoms with Gasteiger partial charge in [0.05, 0.1) is 0 Å². The number of aromatic amines is 1. The third-order valence-electron chi connectivity index (χ3n) is 4.33. The van der Waals surface area contributed by atoms with Gasteiger partial charge in [-0.05, 0) is 32.6 Å². The Kier molecular flexibility index (Phi) is 4.43. The Morgan fingerprint density at radius 2 is 1.90 bits per heavy atom. The number of carboxylic acids is 1. The maximum atomic E-state index is 12.8. The van der Waals surface area contributed by atoms with E-state index < -0.39 is 16.0 Å². The highest BCUT2D eigenvalue weighted by Crippen LogP contribution is 2.30. The van der Waals surface area contributed by atoms with Gasteiger partial charge in [-0.2, -0.15) is 4.31 Å². The second-order valence-corrected chi connectivity index (χ2v) is 7.51. The lowest BCUT2D eigenvalue weighted by Crippen LogP contribution is -2.38. The summed E-state index contributed by atoms with van der Waals surface area (Å²) in [6.07, 6.45) is 2.80. The summed E-state index contributed by atoms with van der Waals surface area (Å²) in [5, 5.41) is 9.11. The lowest BCUT2D eigenvalue weighted by Gasteiger charge is -2.30. The predicted octanol–water partition coefficient (Wildman–Crippen LogP) is 2.14. The van der Waals surface area contributed by atoms with E-state index in [1.165, 1.54) is 4.31 Å². The Morgan fingerprint density at radius 1 is 1.33 bits per heavy atom. The molecule has 7 heteroatoms. The minimum Gasteiger partial charge on any atom is -0.477 e. The van der Waals surface area contributed by atoms with Crippen molar-refractivity contribution in [3.8, 4) is 0 Å². The average Bonchev–Trinajstić information content (AvgIpc) is 2.74. The summed E-state index contributed by atoms with van der Waals surface area (Å²) in [7, 11) is -3.63. The van der Waals surface area contributed by atoms with Gasteiger partial charge < -0.3 is 10.1 Å².